The summed E-state index contributed by atoms with van der Waals surface area (Å²) in [6.45, 7) is 2.72. The highest BCUT2D eigenvalue weighted by Crippen LogP contribution is 2.27. The Morgan fingerprint density at radius 2 is 2.23 bits per heavy atom. The van der Waals surface area contributed by atoms with E-state index in [1.807, 2.05) is 24.3 Å². The fraction of sp³-hybridized carbons (Fsp3) is 0.500. The summed E-state index contributed by atoms with van der Waals surface area (Å²) in [5, 5.41) is 5.94. The van der Waals surface area contributed by atoms with Crippen molar-refractivity contribution < 1.29 is 14.3 Å². The SMILES string of the molecule is O=C(CC1COCCN1)NCC(=O)N1CCc2ccccc21. The third-order valence-electron chi connectivity index (χ3n) is 4.06. The zero-order chi connectivity index (χ0) is 15.4. The van der Waals surface area contributed by atoms with Crippen LogP contribution in [0.5, 0.6) is 0 Å². The standard InChI is InChI=1S/C16H21N3O3/c20-15(9-13-11-22-8-6-17-13)18-10-16(21)19-7-5-12-3-1-2-4-14(12)19/h1-4,13,17H,5-11H2,(H,18,20). The fourth-order valence-electron chi connectivity index (χ4n) is 2.91. The summed E-state index contributed by atoms with van der Waals surface area (Å²) in [5.41, 5.74) is 2.15. The van der Waals surface area contributed by atoms with Gasteiger partial charge in [0, 0.05) is 31.2 Å². The molecule has 1 saturated heterocycles. The molecule has 0 radical (unpaired) electrons. The third-order valence-corrected chi connectivity index (χ3v) is 4.06. The molecular formula is C16H21N3O3. The molecule has 0 saturated carbocycles. The van der Waals surface area contributed by atoms with Gasteiger partial charge in [0.1, 0.15) is 0 Å². The Bertz CT molecular complexity index is 555. The monoisotopic (exact) mass is 303 g/mol. The number of fused-ring (bicyclic) bond motifs is 1. The van der Waals surface area contributed by atoms with Crippen LogP contribution in [0.3, 0.4) is 0 Å². The Morgan fingerprint density at radius 1 is 1.36 bits per heavy atom. The summed E-state index contributed by atoms with van der Waals surface area (Å²) in [7, 11) is 0. The quantitative estimate of drug-likeness (QED) is 0.826. The van der Waals surface area contributed by atoms with Crippen molar-refractivity contribution in [3.63, 3.8) is 0 Å². The number of carbonyl (C=O) groups is 2. The van der Waals surface area contributed by atoms with Crippen molar-refractivity contribution in [2.45, 2.75) is 18.9 Å². The van der Waals surface area contributed by atoms with E-state index >= 15 is 0 Å². The fourth-order valence-corrected chi connectivity index (χ4v) is 2.91. The van der Waals surface area contributed by atoms with E-state index in [2.05, 4.69) is 10.6 Å². The van der Waals surface area contributed by atoms with E-state index in [1.165, 1.54) is 5.56 Å². The number of amides is 2. The highest BCUT2D eigenvalue weighted by molar-refractivity contribution is 5.98. The highest BCUT2D eigenvalue weighted by Gasteiger charge is 2.24. The summed E-state index contributed by atoms with van der Waals surface area (Å²) in [4.78, 5) is 25.9. The zero-order valence-corrected chi connectivity index (χ0v) is 12.5. The second-order valence-electron chi connectivity index (χ2n) is 5.63. The van der Waals surface area contributed by atoms with Gasteiger partial charge in [0.15, 0.2) is 0 Å². The lowest BCUT2D eigenvalue weighted by molar-refractivity contribution is -0.125. The third kappa shape index (κ3) is 3.45. The second kappa shape index (κ2) is 6.89. The van der Waals surface area contributed by atoms with Gasteiger partial charge in [-0.25, -0.2) is 0 Å². The number of para-hydroxylation sites is 1. The van der Waals surface area contributed by atoms with Gasteiger partial charge in [-0.1, -0.05) is 18.2 Å². The predicted molar refractivity (Wildman–Crippen MR) is 82.7 cm³/mol. The Labute approximate surface area is 129 Å². The lowest BCUT2D eigenvalue weighted by Gasteiger charge is -2.23. The molecule has 2 amide bonds. The van der Waals surface area contributed by atoms with Crippen molar-refractivity contribution in [3.8, 4) is 0 Å². The molecule has 3 rings (SSSR count). The van der Waals surface area contributed by atoms with Crippen LogP contribution in [0.2, 0.25) is 0 Å². The van der Waals surface area contributed by atoms with Crippen LogP contribution in [-0.2, 0) is 20.7 Å². The Kier molecular flexibility index (Phi) is 4.70. The molecule has 1 aromatic carbocycles. The first-order valence-electron chi connectivity index (χ1n) is 7.70. The predicted octanol–water partition coefficient (Wildman–Crippen LogP) is 0.0704. The Hall–Kier alpha value is -1.92. The van der Waals surface area contributed by atoms with Gasteiger partial charge in [-0.2, -0.15) is 0 Å². The lowest BCUT2D eigenvalue weighted by atomic mass is 10.2. The molecule has 0 spiro atoms. The number of nitrogens with zero attached hydrogens (tertiary/aromatic N) is 1. The van der Waals surface area contributed by atoms with Gasteiger partial charge in [0.2, 0.25) is 11.8 Å². The summed E-state index contributed by atoms with van der Waals surface area (Å²) >= 11 is 0. The Balaban J connectivity index is 1.47. The maximum absolute atomic E-state index is 12.3. The van der Waals surface area contributed by atoms with E-state index in [9.17, 15) is 9.59 Å². The normalized spacial score (nSPS) is 20.5. The van der Waals surface area contributed by atoms with Gasteiger partial charge in [-0.05, 0) is 18.1 Å². The minimum absolute atomic E-state index is 0.0383. The highest BCUT2D eigenvalue weighted by atomic mass is 16.5. The van der Waals surface area contributed by atoms with Crippen LogP contribution in [0.1, 0.15) is 12.0 Å². The van der Waals surface area contributed by atoms with Crippen molar-refractivity contribution in [2.24, 2.45) is 0 Å². The maximum atomic E-state index is 12.3. The van der Waals surface area contributed by atoms with E-state index in [-0.39, 0.29) is 24.4 Å². The summed E-state index contributed by atoms with van der Waals surface area (Å²) in [6, 6.07) is 7.93. The van der Waals surface area contributed by atoms with Crippen LogP contribution >= 0.6 is 0 Å². The van der Waals surface area contributed by atoms with Crippen LogP contribution in [0.25, 0.3) is 0 Å². The summed E-state index contributed by atoms with van der Waals surface area (Å²) in [6.07, 6.45) is 1.21. The molecular weight excluding hydrogens is 282 g/mol. The number of benzene rings is 1. The van der Waals surface area contributed by atoms with Crippen molar-refractivity contribution in [1.82, 2.24) is 10.6 Å². The molecule has 118 valence electrons. The van der Waals surface area contributed by atoms with Gasteiger partial charge in [0.25, 0.3) is 0 Å². The van der Waals surface area contributed by atoms with Gasteiger partial charge in [-0.15, -0.1) is 0 Å². The number of rotatable bonds is 4. The minimum atomic E-state index is -0.121. The van der Waals surface area contributed by atoms with E-state index in [4.69, 9.17) is 4.74 Å². The molecule has 0 aliphatic carbocycles. The molecule has 2 heterocycles. The smallest absolute Gasteiger partial charge is 0.246 e. The summed E-state index contributed by atoms with van der Waals surface area (Å²) < 4.78 is 5.31. The van der Waals surface area contributed by atoms with E-state index in [0.717, 1.165) is 18.7 Å². The number of carbonyl (C=O) groups excluding carboxylic acids is 2. The first-order valence-corrected chi connectivity index (χ1v) is 7.70. The van der Waals surface area contributed by atoms with Crippen molar-refractivity contribution >= 4 is 17.5 Å². The molecule has 2 N–H and O–H groups in total. The molecule has 1 atom stereocenters. The van der Waals surface area contributed by atoms with Crippen LogP contribution < -0.4 is 15.5 Å². The number of hydrogen-bond acceptors (Lipinski definition) is 4. The summed E-state index contributed by atoms with van der Waals surface area (Å²) in [5.74, 6) is -0.185. The van der Waals surface area contributed by atoms with Gasteiger partial charge >= 0.3 is 0 Å². The van der Waals surface area contributed by atoms with E-state index < -0.39 is 0 Å². The number of hydrogen-bond donors (Lipinski definition) is 2. The largest absolute Gasteiger partial charge is 0.378 e. The topological polar surface area (TPSA) is 70.7 Å². The average Bonchev–Trinajstić information content (AvgIpc) is 2.98. The minimum Gasteiger partial charge on any atom is -0.378 e. The number of nitrogens with one attached hydrogen (secondary N) is 2. The number of anilines is 1. The van der Waals surface area contributed by atoms with Gasteiger partial charge in [0.05, 0.1) is 19.8 Å². The first-order chi connectivity index (χ1) is 10.7. The van der Waals surface area contributed by atoms with Crippen LogP contribution in [-0.4, -0.2) is 50.7 Å². The number of morpholine rings is 1. The number of ether oxygens (including phenoxy) is 1. The zero-order valence-electron chi connectivity index (χ0n) is 12.5. The molecule has 2 aliphatic rings. The molecule has 6 heteroatoms. The van der Waals surface area contributed by atoms with Gasteiger partial charge < -0.3 is 20.3 Å². The van der Waals surface area contributed by atoms with Crippen molar-refractivity contribution in [3.05, 3.63) is 29.8 Å². The molecule has 22 heavy (non-hydrogen) atoms. The second-order valence-corrected chi connectivity index (χ2v) is 5.63. The van der Waals surface area contributed by atoms with Crippen molar-refractivity contribution in [2.75, 3.05) is 37.7 Å². The average molecular weight is 303 g/mol. The Morgan fingerprint density at radius 3 is 3.05 bits per heavy atom. The lowest BCUT2D eigenvalue weighted by Crippen LogP contribution is -2.46. The van der Waals surface area contributed by atoms with Gasteiger partial charge in [-0.3, -0.25) is 9.59 Å². The molecule has 1 unspecified atom stereocenters. The van der Waals surface area contributed by atoms with Crippen LogP contribution in [0, 0.1) is 0 Å². The molecule has 0 bridgehead atoms. The van der Waals surface area contributed by atoms with Crippen molar-refractivity contribution in [1.29, 1.82) is 0 Å². The molecule has 6 nitrogen and oxygen atoms in total. The molecule has 1 fully saturated rings. The van der Waals surface area contributed by atoms with E-state index in [0.29, 0.717) is 26.2 Å². The van der Waals surface area contributed by atoms with E-state index in [1.54, 1.807) is 4.90 Å². The van der Waals surface area contributed by atoms with Crippen LogP contribution in [0.4, 0.5) is 5.69 Å². The first kappa shape index (κ1) is 15.0. The molecule has 0 aromatic heterocycles. The molecule has 2 aliphatic heterocycles. The molecule has 1 aromatic rings. The maximum Gasteiger partial charge on any atom is 0.246 e. The van der Waals surface area contributed by atoms with Crippen LogP contribution in [0.15, 0.2) is 24.3 Å².